The average molecular weight is 425 g/mol. The van der Waals surface area contributed by atoms with E-state index in [0.29, 0.717) is 22.0 Å². The number of carbonyl (C=O) groups is 2. The highest BCUT2D eigenvalue weighted by molar-refractivity contribution is 8.14. The Balaban J connectivity index is 1.84. The highest BCUT2D eigenvalue weighted by atomic mass is 32.2. The first-order chi connectivity index (χ1) is 14.5. The maximum Gasteiger partial charge on any atom is 0.338 e. The Morgan fingerprint density at radius 1 is 1.10 bits per heavy atom. The summed E-state index contributed by atoms with van der Waals surface area (Å²) in [6, 6.07) is 16.0. The number of nitrogens with zero attached hydrogens (tertiary/aromatic N) is 1. The zero-order valence-electron chi connectivity index (χ0n) is 17.2. The quantitative estimate of drug-likeness (QED) is 0.532. The van der Waals surface area contributed by atoms with Crippen LogP contribution in [0.1, 0.15) is 35.8 Å². The highest BCUT2D eigenvalue weighted by Gasteiger charge is 2.30. The van der Waals surface area contributed by atoms with Crippen molar-refractivity contribution >= 4 is 28.7 Å². The number of methoxy groups -OCH3 is 1. The van der Waals surface area contributed by atoms with Crippen LogP contribution in [0.4, 0.5) is 0 Å². The number of carbonyl (C=O) groups excluding carboxylic acids is 2. The molecule has 0 bridgehead atoms. The third-order valence-corrected chi connectivity index (χ3v) is 5.47. The predicted octanol–water partition coefficient (Wildman–Crippen LogP) is 4.15. The maximum absolute atomic E-state index is 12.6. The number of esters is 1. The van der Waals surface area contributed by atoms with Gasteiger partial charge >= 0.3 is 5.97 Å². The van der Waals surface area contributed by atoms with Crippen LogP contribution in [-0.2, 0) is 9.53 Å². The fourth-order valence-corrected chi connectivity index (χ4v) is 3.90. The van der Waals surface area contributed by atoms with Crippen LogP contribution in [-0.4, -0.2) is 36.4 Å². The summed E-state index contributed by atoms with van der Waals surface area (Å²) in [6.45, 7) is 3.87. The number of ketones is 1. The lowest BCUT2D eigenvalue weighted by Crippen LogP contribution is -2.31. The fourth-order valence-electron chi connectivity index (χ4n) is 3.06. The van der Waals surface area contributed by atoms with Gasteiger partial charge in [0, 0.05) is 11.3 Å². The highest BCUT2D eigenvalue weighted by Crippen LogP contribution is 2.33. The molecule has 0 spiro atoms. The van der Waals surface area contributed by atoms with Gasteiger partial charge in [-0.2, -0.15) is 0 Å². The van der Waals surface area contributed by atoms with Gasteiger partial charge in [0.25, 0.3) is 0 Å². The molecule has 0 radical (unpaired) electrons. The number of nitrogens with one attached hydrogen (secondary N) is 1. The van der Waals surface area contributed by atoms with Crippen LogP contribution in [0.3, 0.4) is 0 Å². The number of thioether (sulfide) groups is 1. The minimum atomic E-state index is -0.523. The van der Waals surface area contributed by atoms with E-state index in [-0.39, 0.29) is 18.1 Å². The molecule has 156 valence electrons. The Hall–Kier alpha value is -3.06. The third-order valence-electron chi connectivity index (χ3n) is 4.58. The van der Waals surface area contributed by atoms with E-state index in [4.69, 9.17) is 14.5 Å². The molecule has 2 aromatic carbocycles. The number of Topliss-reactive ketones (excluding diaryl/α,β-unsaturated/α-hetero) is 1. The van der Waals surface area contributed by atoms with Crippen LogP contribution in [0.25, 0.3) is 0 Å². The van der Waals surface area contributed by atoms with Crippen LogP contribution in [0.15, 0.2) is 70.9 Å². The molecule has 0 aliphatic carbocycles. The van der Waals surface area contributed by atoms with Crippen molar-refractivity contribution in [2.75, 3.05) is 19.5 Å². The van der Waals surface area contributed by atoms with E-state index in [1.165, 1.54) is 11.8 Å². The normalized spacial score (nSPS) is 15.8. The van der Waals surface area contributed by atoms with Gasteiger partial charge in [0.15, 0.2) is 11.0 Å². The molecule has 2 aromatic rings. The molecule has 1 heterocycles. The Kier molecular flexibility index (Phi) is 7.30. The van der Waals surface area contributed by atoms with Gasteiger partial charge in [-0.05, 0) is 31.5 Å². The summed E-state index contributed by atoms with van der Waals surface area (Å²) in [5, 5.41) is 3.74. The molecule has 0 saturated heterocycles. The molecule has 1 N–H and O–H groups in total. The first-order valence-corrected chi connectivity index (χ1v) is 10.6. The Morgan fingerprint density at radius 2 is 1.80 bits per heavy atom. The number of hydrogen-bond acceptors (Lipinski definition) is 7. The van der Waals surface area contributed by atoms with Crippen LogP contribution < -0.4 is 10.1 Å². The second-order valence-electron chi connectivity index (χ2n) is 6.57. The molecular weight excluding hydrogens is 400 g/mol. The van der Waals surface area contributed by atoms with Gasteiger partial charge in [0.1, 0.15) is 11.8 Å². The molecular formula is C23H24N2O4S. The van der Waals surface area contributed by atoms with Crippen molar-refractivity contribution in [3.8, 4) is 5.75 Å². The minimum absolute atomic E-state index is 0.0175. The van der Waals surface area contributed by atoms with Crippen molar-refractivity contribution in [3.05, 3.63) is 77.0 Å². The van der Waals surface area contributed by atoms with Crippen molar-refractivity contribution in [1.29, 1.82) is 0 Å². The Morgan fingerprint density at radius 3 is 2.43 bits per heavy atom. The molecule has 0 fully saturated rings. The fraction of sp³-hybridized carbons (Fsp3) is 0.261. The van der Waals surface area contributed by atoms with Gasteiger partial charge in [-0.15, -0.1) is 0 Å². The molecule has 3 rings (SSSR count). The van der Waals surface area contributed by atoms with E-state index in [1.54, 1.807) is 26.2 Å². The van der Waals surface area contributed by atoms with Gasteiger partial charge in [-0.1, -0.05) is 54.2 Å². The molecule has 1 atom stereocenters. The molecule has 1 aliphatic heterocycles. The third kappa shape index (κ3) is 5.10. The molecule has 0 aromatic heterocycles. The van der Waals surface area contributed by atoms with Crippen molar-refractivity contribution in [2.45, 2.75) is 19.9 Å². The topological polar surface area (TPSA) is 77.0 Å². The standard InChI is InChI=1S/C23H24N2O4S/c1-4-29-22(27)20-15(2)24-23(30-14-19(26)16-8-6-5-7-9-16)25-21(20)17-10-12-18(28-3)13-11-17/h5-13,21H,4,14H2,1-3H3,(H,24,25)/t21-/m1/s1. The minimum Gasteiger partial charge on any atom is -0.497 e. The average Bonchev–Trinajstić information content (AvgIpc) is 2.77. The summed E-state index contributed by atoms with van der Waals surface area (Å²) in [6.07, 6.45) is 0. The first kappa shape index (κ1) is 21.6. The number of ether oxygens (including phenoxy) is 2. The van der Waals surface area contributed by atoms with E-state index in [9.17, 15) is 9.59 Å². The van der Waals surface area contributed by atoms with Gasteiger partial charge in [0.05, 0.1) is 25.0 Å². The molecule has 6 nitrogen and oxygen atoms in total. The first-order valence-electron chi connectivity index (χ1n) is 9.61. The van der Waals surface area contributed by atoms with Gasteiger partial charge in [-0.3, -0.25) is 4.79 Å². The summed E-state index contributed by atoms with van der Waals surface area (Å²) in [5.41, 5.74) is 2.62. The van der Waals surface area contributed by atoms with Crippen LogP contribution in [0.2, 0.25) is 0 Å². The van der Waals surface area contributed by atoms with Crippen molar-refractivity contribution in [1.82, 2.24) is 5.32 Å². The zero-order chi connectivity index (χ0) is 21.5. The summed E-state index contributed by atoms with van der Waals surface area (Å²) >= 11 is 1.32. The van der Waals surface area contributed by atoms with Gasteiger partial charge in [0.2, 0.25) is 0 Å². The summed E-state index contributed by atoms with van der Waals surface area (Å²) in [4.78, 5) is 29.8. The second kappa shape index (κ2) is 10.1. The lowest BCUT2D eigenvalue weighted by atomic mass is 9.96. The van der Waals surface area contributed by atoms with Gasteiger partial charge in [-0.25, -0.2) is 9.79 Å². The number of allylic oxidation sites excluding steroid dienone is 1. The van der Waals surface area contributed by atoms with Crippen LogP contribution in [0.5, 0.6) is 5.75 Å². The molecule has 7 heteroatoms. The zero-order valence-corrected chi connectivity index (χ0v) is 18.0. The smallest absolute Gasteiger partial charge is 0.338 e. The molecule has 0 unspecified atom stereocenters. The summed E-state index contributed by atoms with van der Waals surface area (Å²) in [5.74, 6) is 0.575. The van der Waals surface area contributed by atoms with Crippen molar-refractivity contribution in [2.24, 2.45) is 4.99 Å². The number of benzene rings is 2. The lowest BCUT2D eigenvalue weighted by Gasteiger charge is -2.25. The SMILES string of the molecule is CCOC(=O)C1=C(C)NC(SCC(=O)c2ccccc2)=N[C@@H]1c1ccc(OC)cc1. The van der Waals surface area contributed by atoms with E-state index in [2.05, 4.69) is 5.32 Å². The van der Waals surface area contributed by atoms with Gasteiger partial charge < -0.3 is 14.8 Å². The monoisotopic (exact) mass is 424 g/mol. The maximum atomic E-state index is 12.6. The lowest BCUT2D eigenvalue weighted by molar-refractivity contribution is -0.138. The number of aliphatic imine (C=N–C) groups is 1. The van der Waals surface area contributed by atoms with Crippen LogP contribution >= 0.6 is 11.8 Å². The molecule has 0 saturated carbocycles. The van der Waals surface area contributed by atoms with Crippen molar-refractivity contribution in [3.63, 3.8) is 0 Å². The molecule has 0 amide bonds. The Labute approximate surface area is 180 Å². The summed E-state index contributed by atoms with van der Waals surface area (Å²) < 4.78 is 10.5. The van der Waals surface area contributed by atoms with E-state index >= 15 is 0 Å². The number of hydrogen-bond donors (Lipinski definition) is 1. The largest absolute Gasteiger partial charge is 0.497 e. The van der Waals surface area contributed by atoms with Crippen molar-refractivity contribution < 1.29 is 19.1 Å². The predicted molar refractivity (Wildman–Crippen MR) is 119 cm³/mol. The van der Waals surface area contributed by atoms with E-state index in [1.807, 2.05) is 49.4 Å². The van der Waals surface area contributed by atoms with E-state index < -0.39 is 12.0 Å². The second-order valence-corrected chi connectivity index (χ2v) is 7.54. The van der Waals surface area contributed by atoms with E-state index in [0.717, 1.165) is 11.3 Å². The van der Waals surface area contributed by atoms with Crippen LogP contribution in [0, 0.1) is 0 Å². The number of amidine groups is 1. The molecule has 30 heavy (non-hydrogen) atoms. The molecule has 1 aliphatic rings. The Bertz CT molecular complexity index is 968. The number of rotatable bonds is 7. The summed E-state index contributed by atoms with van der Waals surface area (Å²) in [7, 11) is 1.60.